The average Bonchev–Trinajstić information content (AvgIpc) is 2.85. The van der Waals surface area contributed by atoms with E-state index in [2.05, 4.69) is 25.5 Å². The number of morpholine rings is 1. The molecule has 0 bridgehead atoms. The second-order valence-electron chi connectivity index (χ2n) is 4.35. The van der Waals surface area contributed by atoms with Crippen LogP contribution >= 0.6 is 11.6 Å². The second kappa shape index (κ2) is 4.66. The van der Waals surface area contributed by atoms with Crippen LogP contribution in [-0.4, -0.2) is 56.4 Å². The minimum atomic E-state index is 0.0294. The van der Waals surface area contributed by atoms with E-state index >= 15 is 0 Å². The zero-order valence-electron chi connectivity index (χ0n) is 9.90. The Bertz CT molecular complexity index is 546. The van der Waals surface area contributed by atoms with Crippen LogP contribution in [0.5, 0.6) is 0 Å². The number of fused-ring (bicyclic) bond motifs is 1. The van der Waals surface area contributed by atoms with E-state index in [9.17, 15) is 0 Å². The molecule has 0 aliphatic carbocycles. The first-order valence-corrected chi connectivity index (χ1v) is 6.31. The third-order valence-electron chi connectivity index (χ3n) is 2.88. The minimum absolute atomic E-state index is 0.0294. The highest BCUT2D eigenvalue weighted by molar-refractivity contribution is 6.18. The summed E-state index contributed by atoms with van der Waals surface area (Å²) in [6.45, 7) is 3.55. The number of nitrogens with zero attached hydrogens (tertiary/aromatic N) is 6. The summed E-state index contributed by atoms with van der Waals surface area (Å²) in [6.07, 6.45) is 0.163. The third kappa shape index (κ3) is 2.11. The summed E-state index contributed by atoms with van der Waals surface area (Å²) < 4.78 is 7.13. The maximum absolute atomic E-state index is 5.87. The van der Waals surface area contributed by atoms with Crippen molar-refractivity contribution in [3.8, 4) is 0 Å². The first-order valence-electron chi connectivity index (χ1n) is 5.78. The fourth-order valence-corrected chi connectivity index (χ4v) is 2.30. The molecule has 7 nitrogen and oxygen atoms in total. The van der Waals surface area contributed by atoms with Crippen LogP contribution in [0.15, 0.2) is 12.1 Å². The lowest BCUT2D eigenvalue weighted by Gasteiger charge is -2.36. The van der Waals surface area contributed by atoms with Crippen molar-refractivity contribution < 1.29 is 4.74 Å². The number of anilines is 1. The van der Waals surface area contributed by atoms with E-state index < -0.39 is 0 Å². The van der Waals surface area contributed by atoms with Crippen molar-refractivity contribution in [3.05, 3.63) is 12.1 Å². The van der Waals surface area contributed by atoms with E-state index in [1.807, 2.05) is 19.1 Å². The largest absolute Gasteiger partial charge is 0.370 e. The van der Waals surface area contributed by atoms with Crippen LogP contribution in [0.25, 0.3) is 5.65 Å². The topological polar surface area (TPSA) is 68.4 Å². The van der Waals surface area contributed by atoms with Gasteiger partial charge in [0.2, 0.25) is 0 Å². The van der Waals surface area contributed by atoms with Crippen molar-refractivity contribution >= 4 is 23.1 Å². The van der Waals surface area contributed by atoms with Crippen LogP contribution in [0, 0.1) is 0 Å². The standard InChI is InChI=1S/C10H13ClN6O/c1-7-5-16(6-8(4-11)18-7)10-3-2-9-12-14-15-17(9)13-10/h2-3,7-8H,4-6H2,1H3. The molecule has 3 heterocycles. The molecule has 3 rings (SSSR count). The van der Waals surface area contributed by atoms with Crippen LogP contribution < -0.4 is 4.90 Å². The molecule has 0 spiro atoms. The van der Waals surface area contributed by atoms with Gasteiger partial charge in [-0.05, 0) is 29.5 Å². The lowest BCUT2D eigenvalue weighted by atomic mass is 10.2. The molecule has 2 aromatic rings. The Hall–Kier alpha value is -1.47. The van der Waals surface area contributed by atoms with Crippen molar-refractivity contribution in [2.45, 2.75) is 19.1 Å². The summed E-state index contributed by atoms with van der Waals surface area (Å²) in [5.41, 5.74) is 0.633. The Morgan fingerprint density at radius 3 is 3.17 bits per heavy atom. The summed E-state index contributed by atoms with van der Waals surface area (Å²) in [4.78, 5) is 2.14. The fraction of sp³-hybridized carbons (Fsp3) is 0.600. The Labute approximate surface area is 109 Å². The molecule has 2 atom stereocenters. The van der Waals surface area contributed by atoms with E-state index in [1.54, 1.807) is 0 Å². The monoisotopic (exact) mass is 268 g/mol. The molecule has 18 heavy (non-hydrogen) atoms. The van der Waals surface area contributed by atoms with E-state index in [-0.39, 0.29) is 12.2 Å². The van der Waals surface area contributed by atoms with Gasteiger partial charge in [0.25, 0.3) is 0 Å². The maximum Gasteiger partial charge on any atom is 0.200 e. The van der Waals surface area contributed by atoms with Crippen molar-refractivity contribution in [2.75, 3.05) is 23.9 Å². The maximum atomic E-state index is 5.87. The molecule has 1 aliphatic heterocycles. The molecule has 1 aliphatic rings. The van der Waals surface area contributed by atoms with E-state index in [0.29, 0.717) is 11.5 Å². The second-order valence-corrected chi connectivity index (χ2v) is 4.65. The molecule has 1 saturated heterocycles. The molecule has 0 amide bonds. The lowest BCUT2D eigenvalue weighted by Crippen LogP contribution is -2.47. The van der Waals surface area contributed by atoms with E-state index in [0.717, 1.165) is 18.9 Å². The van der Waals surface area contributed by atoms with Gasteiger partial charge in [0.05, 0.1) is 18.1 Å². The van der Waals surface area contributed by atoms with E-state index in [4.69, 9.17) is 16.3 Å². The first-order chi connectivity index (χ1) is 8.76. The van der Waals surface area contributed by atoms with Gasteiger partial charge in [-0.15, -0.1) is 26.4 Å². The van der Waals surface area contributed by atoms with Crippen molar-refractivity contribution in [3.63, 3.8) is 0 Å². The molecule has 0 aromatic carbocycles. The lowest BCUT2D eigenvalue weighted by molar-refractivity contribution is -0.00364. The molecular weight excluding hydrogens is 256 g/mol. The summed E-state index contributed by atoms with van der Waals surface area (Å²) in [5, 5.41) is 15.6. The highest BCUT2D eigenvalue weighted by Gasteiger charge is 2.25. The molecule has 8 heteroatoms. The van der Waals surface area contributed by atoms with Gasteiger partial charge in [-0.25, -0.2) is 0 Å². The van der Waals surface area contributed by atoms with Gasteiger partial charge in [-0.3, -0.25) is 0 Å². The average molecular weight is 269 g/mol. The molecule has 0 saturated carbocycles. The van der Waals surface area contributed by atoms with Gasteiger partial charge in [-0.1, -0.05) is 0 Å². The van der Waals surface area contributed by atoms with Crippen LogP contribution in [0.2, 0.25) is 0 Å². The van der Waals surface area contributed by atoms with Gasteiger partial charge in [-0.2, -0.15) is 0 Å². The zero-order chi connectivity index (χ0) is 12.5. The Morgan fingerprint density at radius 1 is 1.44 bits per heavy atom. The Kier molecular flexibility index (Phi) is 3.00. The Morgan fingerprint density at radius 2 is 2.33 bits per heavy atom. The van der Waals surface area contributed by atoms with Crippen LogP contribution in [0.3, 0.4) is 0 Å². The number of tetrazole rings is 1. The van der Waals surface area contributed by atoms with Crippen LogP contribution in [-0.2, 0) is 4.74 Å². The van der Waals surface area contributed by atoms with Crippen LogP contribution in [0.1, 0.15) is 6.92 Å². The highest BCUT2D eigenvalue weighted by atomic mass is 35.5. The molecule has 1 fully saturated rings. The number of alkyl halides is 1. The summed E-state index contributed by atoms with van der Waals surface area (Å²) in [6, 6.07) is 3.76. The van der Waals surface area contributed by atoms with Gasteiger partial charge >= 0.3 is 0 Å². The number of ether oxygens (including phenoxy) is 1. The fourth-order valence-electron chi connectivity index (χ4n) is 2.13. The molecule has 2 unspecified atom stereocenters. The highest BCUT2D eigenvalue weighted by Crippen LogP contribution is 2.18. The summed E-state index contributed by atoms with van der Waals surface area (Å²) in [5.74, 6) is 1.31. The quantitative estimate of drug-likeness (QED) is 0.732. The molecule has 0 radical (unpaired) electrons. The van der Waals surface area contributed by atoms with Gasteiger partial charge in [0.15, 0.2) is 11.5 Å². The molecule has 2 aromatic heterocycles. The van der Waals surface area contributed by atoms with Crippen molar-refractivity contribution in [1.29, 1.82) is 0 Å². The summed E-state index contributed by atoms with van der Waals surface area (Å²) in [7, 11) is 0. The molecule has 0 N–H and O–H groups in total. The number of hydrogen-bond donors (Lipinski definition) is 0. The summed E-state index contributed by atoms with van der Waals surface area (Å²) >= 11 is 5.87. The number of aromatic nitrogens is 5. The molecule has 96 valence electrons. The minimum Gasteiger partial charge on any atom is -0.370 e. The predicted molar refractivity (Wildman–Crippen MR) is 65.8 cm³/mol. The number of halogens is 1. The predicted octanol–water partition coefficient (Wildman–Crippen LogP) is 0.352. The number of rotatable bonds is 2. The smallest absolute Gasteiger partial charge is 0.200 e. The molecular formula is C10H13ClN6O. The Balaban J connectivity index is 1.88. The van der Waals surface area contributed by atoms with E-state index in [1.165, 1.54) is 4.63 Å². The zero-order valence-corrected chi connectivity index (χ0v) is 10.7. The first kappa shape index (κ1) is 11.6. The van der Waals surface area contributed by atoms with Gasteiger partial charge in [0, 0.05) is 13.1 Å². The van der Waals surface area contributed by atoms with Crippen LogP contribution in [0.4, 0.5) is 5.82 Å². The van der Waals surface area contributed by atoms with Crippen molar-refractivity contribution in [2.24, 2.45) is 0 Å². The van der Waals surface area contributed by atoms with Gasteiger partial charge in [0.1, 0.15) is 0 Å². The third-order valence-corrected chi connectivity index (χ3v) is 3.22. The SMILES string of the molecule is CC1CN(c2ccc3nnnn3n2)CC(CCl)O1. The normalized spacial score (nSPS) is 24.7. The van der Waals surface area contributed by atoms with Crippen molar-refractivity contribution in [1.82, 2.24) is 25.3 Å². The van der Waals surface area contributed by atoms with Gasteiger partial charge < -0.3 is 9.64 Å². The number of hydrogen-bond acceptors (Lipinski definition) is 6.